The van der Waals surface area contributed by atoms with Gasteiger partial charge in [0.1, 0.15) is 0 Å². The van der Waals surface area contributed by atoms with E-state index in [4.69, 9.17) is 4.74 Å². The van der Waals surface area contributed by atoms with Crippen molar-refractivity contribution in [1.82, 2.24) is 9.88 Å². The fraction of sp³-hybridized carbons (Fsp3) is 0.444. The van der Waals surface area contributed by atoms with Crippen molar-refractivity contribution < 1.29 is 9.53 Å². The Hall–Kier alpha value is -1.56. The van der Waals surface area contributed by atoms with Crippen molar-refractivity contribution in [2.75, 3.05) is 26.3 Å². The molecule has 0 spiro atoms. The van der Waals surface area contributed by atoms with Gasteiger partial charge < -0.3 is 4.74 Å². The molecule has 3 rings (SSSR count). The number of ether oxygens (including phenoxy) is 1. The highest BCUT2D eigenvalue weighted by molar-refractivity contribution is 7.09. The van der Waals surface area contributed by atoms with Crippen LogP contribution >= 0.6 is 11.3 Å². The lowest BCUT2D eigenvalue weighted by Gasteiger charge is -2.35. The molecule has 1 aliphatic heterocycles. The van der Waals surface area contributed by atoms with Crippen LogP contribution in [0.25, 0.3) is 0 Å². The van der Waals surface area contributed by atoms with Crippen LogP contribution in [0.1, 0.15) is 27.5 Å². The van der Waals surface area contributed by atoms with Gasteiger partial charge in [-0.1, -0.05) is 30.3 Å². The predicted octanol–water partition coefficient (Wildman–Crippen LogP) is 2.97. The molecule has 1 fully saturated rings. The minimum atomic E-state index is 0.163. The van der Waals surface area contributed by atoms with E-state index in [9.17, 15) is 4.79 Å². The Kier molecular flexibility index (Phi) is 5.54. The number of nitrogens with zero attached hydrogens (tertiary/aromatic N) is 2. The fourth-order valence-corrected chi connectivity index (χ4v) is 3.56. The monoisotopic (exact) mass is 330 g/mol. The van der Waals surface area contributed by atoms with E-state index in [1.54, 1.807) is 11.3 Å². The SMILES string of the molecule is Cc1nc(CCN2CCOC[C@@H]2CC(=O)c2ccccc2)cs1. The Morgan fingerprint density at radius 2 is 2.22 bits per heavy atom. The number of Topliss-reactive ketones (excluding diaryl/α,β-unsaturated/α-hetero) is 1. The van der Waals surface area contributed by atoms with Gasteiger partial charge in [0, 0.05) is 42.9 Å². The summed E-state index contributed by atoms with van der Waals surface area (Å²) in [5.74, 6) is 0.190. The fourth-order valence-electron chi connectivity index (χ4n) is 2.91. The molecule has 0 aliphatic carbocycles. The summed E-state index contributed by atoms with van der Waals surface area (Å²) in [5.41, 5.74) is 1.93. The first-order chi connectivity index (χ1) is 11.2. The first kappa shape index (κ1) is 16.3. The highest BCUT2D eigenvalue weighted by Gasteiger charge is 2.25. The molecule has 2 aromatic rings. The summed E-state index contributed by atoms with van der Waals surface area (Å²) >= 11 is 1.69. The van der Waals surface area contributed by atoms with Gasteiger partial charge in [0.2, 0.25) is 0 Å². The van der Waals surface area contributed by atoms with Crippen molar-refractivity contribution in [3.63, 3.8) is 0 Å². The predicted molar refractivity (Wildman–Crippen MR) is 92.1 cm³/mol. The normalized spacial score (nSPS) is 18.9. The number of hydrogen-bond donors (Lipinski definition) is 0. The number of carbonyl (C=O) groups is 1. The largest absolute Gasteiger partial charge is 0.378 e. The number of benzene rings is 1. The average Bonchev–Trinajstić information content (AvgIpc) is 3.00. The maximum atomic E-state index is 12.4. The van der Waals surface area contributed by atoms with Crippen LogP contribution in [0.2, 0.25) is 0 Å². The van der Waals surface area contributed by atoms with E-state index in [1.165, 1.54) is 0 Å². The number of carbonyl (C=O) groups excluding carboxylic acids is 1. The first-order valence-corrected chi connectivity index (χ1v) is 8.91. The van der Waals surface area contributed by atoms with E-state index in [1.807, 2.05) is 37.3 Å². The number of thiazole rings is 1. The molecular weight excluding hydrogens is 308 g/mol. The molecule has 0 radical (unpaired) electrons. The lowest BCUT2D eigenvalue weighted by atomic mass is 10.0. The Balaban J connectivity index is 1.58. The van der Waals surface area contributed by atoms with Crippen molar-refractivity contribution in [2.45, 2.75) is 25.8 Å². The molecule has 0 amide bonds. The summed E-state index contributed by atoms with van der Waals surface area (Å²) in [6.07, 6.45) is 1.44. The van der Waals surface area contributed by atoms with E-state index in [0.29, 0.717) is 13.0 Å². The summed E-state index contributed by atoms with van der Waals surface area (Å²) in [5, 5.41) is 3.23. The van der Waals surface area contributed by atoms with Gasteiger partial charge in [-0.05, 0) is 6.92 Å². The Morgan fingerprint density at radius 3 is 2.96 bits per heavy atom. The van der Waals surface area contributed by atoms with Crippen LogP contribution < -0.4 is 0 Å². The second-order valence-corrected chi connectivity index (χ2v) is 6.93. The smallest absolute Gasteiger partial charge is 0.164 e. The zero-order valence-corrected chi connectivity index (χ0v) is 14.2. The molecule has 1 aromatic carbocycles. The van der Waals surface area contributed by atoms with Gasteiger partial charge in [0.25, 0.3) is 0 Å². The van der Waals surface area contributed by atoms with Crippen molar-refractivity contribution in [3.05, 3.63) is 52.0 Å². The topological polar surface area (TPSA) is 42.4 Å². The van der Waals surface area contributed by atoms with Gasteiger partial charge in [-0.2, -0.15) is 0 Å². The van der Waals surface area contributed by atoms with Crippen LogP contribution in [0.3, 0.4) is 0 Å². The average molecular weight is 330 g/mol. The molecule has 5 heteroatoms. The highest BCUT2D eigenvalue weighted by atomic mass is 32.1. The third-order valence-electron chi connectivity index (χ3n) is 4.19. The van der Waals surface area contributed by atoms with Gasteiger partial charge in [0.05, 0.1) is 23.9 Å². The second-order valence-electron chi connectivity index (χ2n) is 5.87. The number of hydrogen-bond acceptors (Lipinski definition) is 5. The van der Waals surface area contributed by atoms with Crippen molar-refractivity contribution >= 4 is 17.1 Å². The molecule has 1 saturated heterocycles. The number of aromatic nitrogens is 1. The molecule has 1 aromatic heterocycles. The first-order valence-electron chi connectivity index (χ1n) is 8.03. The quantitative estimate of drug-likeness (QED) is 0.764. The van der Waals surface area contributed by atoms with Crippen molar-refractivity contribution in [3.8, 4) is 0 Å². The van der Waals surface area contributed by atoms with E-state index in [2.05, 4.69) is 15.3 Å². The number of morpholine rings is 1. The van der Waals surface area contributed by atoms with Crippen LogP contribution in [-0.2, 0) is 11.2 Å². The van der Waals surface area contributed by atoms with Gasteiger partial charge >= 0.3 is 0 Å². The minimum Gasteiger partial charge on any atom is -0.378 e. The van der Waals surface area contributed by atoms with E-state index >= 15 is 0 Å². The second kappa shape index (κ2) is 7.81. The third kappa shape index (κ3) is 4.47. The molecule has 0 unspecified atom stereocenters. The zero-order valence-electron chi connectivity index (χ0n) is 13.4. The number of rotatable bonds is 6. The molecule has 23 heavy (non-hydrogen) atoms. The molecule has 122 valence electrons. The molecule has 1 atom stereocenters. The lowest BCUT2D eigenvalue weighted by molar-refractivity contribution is -0.00803. The van der Waals surface area contributed by atoms with Crippen LogP contribution in [0, 0.1) is 6.92 Å². The van der Waals surface area contributed by atoms with Crippen molar-refractivity contribution in [2.24, 2.45) is 0 Å². The summed E-state index contributed by atoms with van der Waals surface area (Å²) < 4.78 is 5.60. The maximum absolute atomic E-state index is 12.4. The summed E-state index contributed by atoms with van der Waals surface area (Å²) in [4.78, 5) is 19.3. The van der Waals surface area contributed by atoms with Crippen molar-refractivity contribution in [1.29, 1.82) is 0 Å². The summed E-state index contributed by atoms with van der Waals surface area (Å²) in [6, 6.07) is 9.68. The lowest BCUT2D eigenvalue weighted by Crippen LogP contribution is -2.47. The molecule has 2 heterocycles. The number of aryl methyl sites for hydroxylation is 1. The van der Waals surface area contributed by atoms with Gasteiger partial charge in [-0.15, -0.1) is 11.3 Å². The molecular formula is C18H22N2O2S. The summed E-state index contributed by atoms with van der Waals surface area (Å²) in [7, 11) is 0. The van der Waals surface area contributed by atoms with E-state index in [-0.39, 0.29) is 11.8 Å². The Bertz CT molecular complexity index is 641. The zero-order chi connectivity index (χ0) is 16.1. The van der Waals surface area contributed by atoms with Gasteiger partial charge in [0.15, 0.2) is 5.78 Å². The molecule has 4 nitrogen and oxygen atoms in total. The van der Waals surface area contributed by atoms with Gasteiger partial charge in [-0.25, -0.2) is 4.98 Å². The molecule has 0 bridgehead atoms. The van der Waals surface area contributed by atoms with Crippen LogP contribution in [-0.4, -0.2) is 48.0 Å². The molecule has 0 saturated carbocycles. The van der Waals surface area contributed by atoms with E-state index in [0.717, 1.165) is 42.4 Å². The van der Waals surface area contributed by atoms with E-state index < -0.39 is 0 Å². The number of ketones is 1. The third-order valence-corrected chi connectivity index (χ3v) is 5.01. The maximum Gasteiger partial charge on any atom is 0.164 e. The Morgan fingerprint density at radius 1 is 1.39 bits per heavy atom. The Labute approximate surface area is 141 Å². The highest BCUT2D eigenvalue weighted by Crippen LogP contribution is 2.16. The van der Waals surface area contributed by atoms with Crippen LogP contribution in [0.5, 0.6) is 0 Å². The van der Waals surface area contributed by atoms with Crippen LogP contribution in [0.15, 0.2) is 35.7 Å². The minimum absolute atomic E-state index is 0.163. The molecule has 0 N–H and O–H groups in total. The standard InChI is InChI=1S/C18H22N2O2S/c1-14-19-16(13-23-14)7-8-20-9-10-22-12-17(20)11-18(21)15-5-3-2-4-6-15/h2-6,13,17H,7-12H2,1H3/t17-/m0/s1. The molecule has 1 aliphatic rings. The van der Waals surface area contributed by atoms with Crippen LogP contribution in [0.4, 0.5) is 0 Å². The summed E-state index contributed by atoms with van der Waals surface area (Å²) in [6.45, 7) is 5.22. The van der Waals surface area contributed by atoms with Gasteiger partial charge in [-0.3, -0.25) is 9.69 Å².